The highest BCUT2D eigenvalue weighted by Gasteiger charge is 2.23. The van der Waals surface area contributed by atoms with Crippen LogP contribution in [0.2, 0.25) is 0 Å². The molecule has 4 heterocycles. The summed E-state index contributed by atoms with van der Waals surface area (Å²) in [6.45, 7) is 0. The summed E-state index contributed by atoms with van der Waals surface area (Å²) in [5, 5.41) is 7.19. The van der Waals surface area contributed by atoms with Gasteiger partial charge < -0.3 is 13.7 Å². The molecule has 6 nitrogen and oxygen atoms in total. The molecule has 0 amide bonds. The van der Waals surface area contributed by atoms with Gasteiger partial charge in [-0.05, 0) is 82.9 Å². The van der Waals surface area contributed by atoms with Gasteiger partial charge in [0.25, 0.3) is 0 Å². The van der Waals surface area contributed by atoms with E-state index in [4.69, 9.17) is 15.0 Å². The fraction of sp³-hybridized carbons (Fsp3) is 0. The molecule has 350 valence electrons. The average molecular weight is 957 g/mol. The Labute approximate surface area is 432 Å². The number of aromatic nitrogens is 6. The van der Waals surface area contributed by atoms with Crippen LogP contribution in [0.1, 0.15) is 0 Å². The summed E-state index contributed by atoms with van der Waals surface area (Å²) < 4.78 is 7.22. The summed E-state index contributed by atoms with van der Waals surface area (Å²) in [7, 11) is 0. The Balaban J connectivity index is 0.927. The van der Waals surface area contributed by atoms with Gasteiger partial charge in [0.1, 0.15) is 0 Å². The van der Waals surface area contributed by atoms with Crippen molar-refractivity contribution in [3.63, 3.8) is 0 Å². The minimum atomic E-state index is 0.588. The third-order valence-corrected chi connectivity index (χ3v) is 14.9. The zero-order valence-corrected chi connectivity index (χ0v) is 40.6. The van der Waals surface area contributed by atoms with Gasteiger partial charge in [-0.1, -0.05) is 206 Å². The van der Waals surface area contributed by atoms with E-state index in [1.807, 2.05) is 6.07 Å². The van der Waals surface area contributed by atoms with Crippen molar-refractivity contribution in [1.82, 2.24) is 28.7 Å². The quantitative estimate of drug-likeness (QED) is 0.152. The topological polar surface area (TPSA) is 53.5 Å². The largest absolute Gasteiger partial charge is 0.309 e. The van der Waals surface area contributed by atoms with Crippen molar-refractivity contribution in [1.29, 1.82) is 0 Å². The summed E-state index contributed by atoms with van der Waals surface area (Å²) in [6.07, 6.45) is 0. The highest BCUT2D eigenvalue weighted by Crippen LogP contribution is 2.43. The number of rotatable bonds is 8. The number of para-hydroxylation sites is 4. The summed E-state index contributed by atoms with van der Waals surface area (Å²) in [5.41, 5.74) is 17.3. The molecule has 0 aliphatic carbocycles. The maximum atomic E-state index is 5.38. The highest BCUT2D eigenvalue weighted by molar-refractivity contribution is 6.24. The molecule has 75 heavy (non-hydrogen) atoms. The Bertz CT molecular complexity index is 4630. The Morgan fingerprint density at radius 3 is 0.987 bits per heavy atom. The second-order valence-electron chi connectivity index (χ2n) is 19.2. The van der Waals surface area contributed by atoms with Gasteiger partial charge in [-0.3, -0.25) is 0 Å². The van der Waals surface area contributed by atoms with Crippen molar-refractivity contribution in [2.75, 3.05) is 0 Å². The number of nitrogens with zero attached hydrogens (tertiary/aromatic N) is 6. The molecule has 0 atom stereocenters. The molecular weight excluding hydrogens is 913 g/mol. The zero-order valence-electron chi connectivity index (χ0n) is 40.6. The van der Waals surface area contributed by atoms with Gasteiger partial charge in [-0.15, -0.1) is 0 Å². The predicted octanol–water partition coefficient (Wildman–Crippen LogP) is 17.5. The Kier molecular flexibility index (Phi) is 9.78. The first-order valence-corrected chi connectivity index (χ1v) is 25.4. The van der Waals surface area contributed by atoms with Crippen LogP contribution in [0.5, 0.6) is 0 Å². The van der Waals surface area contributed by atoms with Gasteiger partial charge in [0.15, 0.2) is 17.5 Å². The van der Waals surface area contributed by atoms with Crippen LogP contribution in [-0.2, 0) is 0 Å². The third-order valence-electron chi connectivity index (χ3n) is 14.9. The number of hydrogen-bond donors (Lipinski definition) is 0. The first kappa shape index (κ1) is 42.5. The van der Waals surface area contributed by atoms with E-state index < -0.39 is 0 Å². The molecule has 0 bridgehead atoms. The van der Waals surface area contributed by atoms with E-state index in [2.05, 4.69) is 275 Å². The Hall–Kier alpha value is -10.2. The molecule has 0 spiro atoms. The van der Waals surface area contributed by atoms with Crippen molar-refractivity contribution in [2.24, 2.45) is 0 Å². The normalized spacial score (nSPS) is 11.7. The van der Waals surface area contributed by atoms with Crippen LogP contribution < -0.4 is 0 Å². The lowest BCUT2D eigenvalue weighted by molar-refractivity contribution is 1.07. The van der Waals surface area contributed by atoms with E-state index >= 15 is 0 Å². The van der Waals surface area contributed by atoms with Gasteiger partial charge in [-0.2, -0.15) is 0 Å². The van der Waals surface area contributed by atoms with Crippen LogP contribution in [0, 0.1) is 0 Å². The minimum Gasteiger partial charge on any atom is -0.309 e. The highest BCUT2D eigenvalue weighted by atomic mass is 15.1. The average Bonchev–Trinajstić information content (AvgIpc) is 4.23. The SMILES string of the molecule is c1ccc(-c2ccc(-c3nc(-c4cccc(-n5c6ccccc6c6ccccc65)c4)nc(-c4cccc(-n5c6ccccc6c6ccc7c8ccccc8n(-c8ccc(-c9ccccc9)cc8)c7c65)c4)n3)cc2)cc1. The van der Waals surface area contributed by atoms with Gasteiger partial charge in [0.05, 0.1) is 33.1 Å². The number of hydrogen-bond acceptors (Lipinski definition) is 3. The number of fused-ring (bicyclic) bond motifs is 10. The van der Waals surface area contributed by atoms with Crippen molar-refractivity contribution >= 4 is 65.4 Å². The zero-order chi connectivity index (χ0) is 49.4. The molecule has 11 aromatic carbocycles. The number of benzene rings is 11. The Morgan fingerprint density at radius 1 is 0.200 bits per heavy atom. The lowest BCUT2D eigenvalue weighted by Gasteiger charge is -2.14. The molecule has 0 aliphatic heterocycles. The van der Waals surface area contributed by atoms with Crippen molar-refractivity contribution < 1.29 is 0 Å². The summed E-state index contributed by atoms with van der Waals surface area (Å²) in [5.74, 6) is 1.78. The van der Waals surface area contributed by atoms with E-state index in [9.17, 15) is 0 Å². The molecule has 0 radical (unpaired) electrons. The first-order chi connectivity index (χ1) is 37.2. The van der Waals surface area contributed by atoms with E-state index in [0.717, 1.165) is 78.0 Å². The third kappa shape index (κ3) is 6.99. The standard InChI is InChI=1S/C69H44N6/c1-3-17-45(18-4-1)47-33-35-49(36-34-47)67-70-68(50-21-15-23-53(43-50)73-61-29-11-7-25-55(61)56-26-8-12-30-62(56)73)72-69(71-67)51-22-16-24-54(44-51)75-64-32-14-10-28-58(64)60-42-41-59-57-27-9-13-31-63(57)74(65(59)66(60)75)52-39-37-48(38-40-52)46-19-5-2-6-20-46/h1-44H. The summed E-state index contributed by atoms with van der Waals surface area (Å²) in [4.78, 5) is 16.0. The van der Waals surface area contributed by atoms with E-state index in [1.165, 1.54) is 43.4 Å². The fourth-order valence-electron chi connectivity index (χ4n) is 11.4. The van der Waals surface area contributed by atoms with E-state index in [0.29, 0.717) is 17.5 Å². The Morgan fingerprint density at radius 2 is 0.520 bits per heavy atom. The monoisotopic (exact) mass is 956 g/mol. The molecule has 4 aromatic heterocycles. The molecule has 0 fully saturated rings. The molecule has 15 aromatic rings. The first-order valence-electron chi connectivity index (χ1n) is 25.4. The molecule has 6 heteroatoms. The fourth-order valence-corrected chi connectivity index (χ4v) is 11.4. The second-order valence-corrected chi connectivity index (χ2v) is 19.2. The van der Waals surface area contributed by atoms with Gasteiger partial charge in [-0.25, -0.2) is 15.0 Å². The molecular formula is C69H44N6. The van der Waals surface area contributed by atoms with Gasteiger partial charge in [0, 0.05) is 66.1 Å². The van der Waals surface area contributed by atoms with Crippen LogP contribution in [0.25, 0.3) is 139 Å². The minimum absolute atomic E-state index is 0.588. The van der Waals surface area contributed by atoms with Crippen LogP contribution in [0.3, 0.4) is 0 Å². The molecule has 0 aliphatic rings. The van der Waals surface area contributed by atoms with Crippen molar-refractivity contribution in [3.8, 4) is 73.5 Å². The molecule has 0 N–H and O–H groups in total. The van der Waals surface area contributed by atoms with Crippen LogP contribution >= 0.6 is 0 Å². The predicted molar refractivity (Wildman–Crippen MR) is 310 cm³/mol. The van der Waals surface area contributed by atoms with E-state index in [-0.39, 0.29) is 0 Å². The van der Waals surface area contributed by atoms with Gasteiger partial charge in [0.2, 0.25) is 0 Å². The smallest absolute Gasteiger partial charge is 0.164 e. The van der Waals surface area contributed by atoms with Crippen LogP contribution in [0.4, 0.5) is 0 Å². The summed E-state index contributed by atoms with van der Waals surface area (Å²) >= 11 is 0. The molecule has 15 rings (SSSR count). The lowest BCUT2D eigenvalue weighted by Crippen LogP contribution is -2.02. The van der Waals surface area contributed by atoms with Crippen molar-refractivity contribution in [3.05, 3.63) is 267 Å². The maximum Gasteiger partial charge on any atom is 0.164 e. The molecule has 0 saturated carbocycles. The van der Waals surface area contributed by atoms with Crippen LogP contribution in [-0.4, -0.2) is 28.7 Å². The van der Waals surface area contributed by atoms with Gasteiger partial charge >= 0.3 is 0 Å². The van der Waals surface area contributed by atoms with E-state index in [1.54, 1.807) is 0 Å². The van der Waals surface area contributed by atoms with Crippen molar-refractivity contribution in [2.45, 2.75) is 0 Å². The summed E-state index contributed by atoms with van der Waals surface area (Å²) in [6, 6.07) is 95.2. The van der Waals surface area contributed by atoms with Crippen LogP contribution in [0.15, 0.2) is 267 Å². The molecule has 0 unspecified atom stereocenters. The lowest BCUT2D eigenvalue weighted by atomic mass is 10.0. The second kappa shape index (κ2) is 17.3. The molecule has 0 saturated heterocycles. The maximum absolute atomic E-state index is 5.38.